The molecule has 1 saturated heterocycles. The number of nitrogens with zero attached hydrogens (tertiary/aromatic N) is 4. The predicted molar refractivity (Wildman–Crippen MR) is 385 cm³/mol. The lowest BCUT2D eigenvalue weighted by Crippen LogP contribution is -2.47. The normalized spacial score (nSPS) is 13.3. The van der Waals surface area contributed by atoms with Crippen LogP contribution in [0.25, 0.3) is 0 Å². The Labute approximate surface area is 538 Å². The first-order valence-electron chi connectivity index (χ1n) is 32.5. The second-order valence-corrected chi connectivity index (χ2v) is 32.9. The highest BCUT2D eigenvalue weighted by Crippen LogP contribution is 2.19. The van der Waals surface area contributed by atoms with Gasteiger partial charge in [0, 0.05) is 65.6 Å². The molecule has 0 radical (unpaired) electrons. The van der Waals surface area contributed by atoms with Crippen molar-refractivity contribution in [2.45, 2.75) is 279 Å². The summed E-state index contributed by atoms with van der Waals surface area (Å²) in [6, 6.07) is 9.86. The molecule has 0 spiro atoms. The highest BCUT2D eigenvalue weighted by atomic mass is 16.5. The third kappa shape index (κ3) is 121. The number of piperazine rings is 1. The maximum atomic E-state index is 5.60. The molecule has 0 aliphatic carbocycles. The average Bonchev–Trinajstić information content (AvgIpc) is 3.27. The third-order valence-electron chi connectivity index (χ3n) is 9.64. The predicted octanol–water partition coefficient (Wildman–Crippen LogP) is 19.6. The molecule has 0 bridgehead atoms. The van der Waals surface area contributed by atoms with Gasteiger partial charge in [-0.1, -0.05) is 192 Å². The molecule has 0 aromatic heterocycles. The van der Waals surface area contributed by atoms with Crippen molar-refractivity contribution < 1.29 is 33.2 Å². The molecular weight excluding hydrogens is 1060 g/mol. The van der Waals surface area contributed by atoms with Gasteiger partial charge in [0.1, 0.15) is 11.4 Å². The molecule has 1 aliphatic heterocycles. The first kappa shape index (κ1) is 103. The fourth-order valence-corrected chi connectivity index (χ4v) is 6.40. The summed E-state index contributed by atoms with van der Waals surface area (Å²) in [5.74, 6) is 0.931. The summed E-state index contributed by atoms with van der Waals surface area (Å²) >= 11 is 0. The second kappa shape index (κ2) is 55.5. The van der Waals surface area contributed by atoms with Crippen molar-refractivity contribution in [2.24, 2.45) is 32.5 Å². The van der Waals surface area contributed by atoms with Crippen LogP contribution in [0.15, 0.2) is 30.3 Å². The van der Waals surface area contributed by atoms with Gasteiger partial charge in [-0.05, 0) is 161 Å². The van der Waals surface area contributed by atoms with Gasteiger partial charge in [-0.25, -0.2) is 0 Å². The molecule has 0 atom stereocenters. The van der Waals surface area contributed by atoms with E-state index in [9.17, 15) is 0 Å². The van der Waals surface area contributed by atoms with E-state index < -0.39 is 0 Å². The zero-order valence-corrected chi connectivity index (χ0v) is 65.1. The molecule has 1 aromatic carbocycles. The molecule has 2 rings (SSSR count). The number of benzene rings is 1. The molecule has 85 heavy (non-hydrogen) atoms. The van der Waals surface area contributed by atoms with Crippen LogP contribution in [0.3, 0.4) is 0 Å². The van der Waals surface area contributed by atoms with Crippen molar-refractivity contribution in [2.75, 3.05) is 141 Å². The highest BCUT2D eigenvalue weighted by molar-refractivity contribution is 5.21. The van der Waals surface area contributed by atoms with Gasteiger partial charge in [0.25, 0.3) is 0 Å². The maximum absolute atomic E-state index is 5.60. The van der Waals surface area contributed by atoms with E-state index in [-0.39, 0.29) is 29.5 Å². The molecular formula is C74H164N4O7. The molecule has 1 aliphatic rings. The van der Waals surface area contributed by atoms with E-state index in [1.807, 2.05) is 99.6 Å². The van der Waals surface area contributed by atoms with E-state index in [1.165, 1.54) is 32.7 Å². The minimum atomic E-state index is -0.0959. The van der Waals surface area contributed by atoms with E-state index in [0.717, 1.165) is 58.2 Å². The number of ether oxygens (including phenoxy) is 7. The van der Waals surface area contributed by atoms with Crippen molar-refractivity contribution in [3.05, 3.63) is 30.3 Å². The van der Waals surface area contributed by atoms with Crippen LogP contribution in [0.4, 0.5) is 0 Å². The van der Waals surface area contributed by atoms with Crippen LogP contribution in [0, 0.1) is 32.5 Å². The molecule has 0 amide bonds. The number of hydrogen-bond acceptors (Lipinski definition) is 11. The topological polar surface area (TPSA) is 77.6 Å². The van der Waals surface area contributed by atoms with Crippen LogP contribution in [0.5, 0.6) is 5.75 Å². The monoisotopic (exact) mass is 1220 g/mol. The molecule has 0 N–H and O–H groups in total. The minimum absolute atomic E-state index is 0. The Morgan fingerprint density at radius 3 is 1.07 bits per heavy atom. The van der Waals surface area contributed by atoms with Gasteiger partial charge in [-0.3, -0.25) is 4.90 Å². The number of para-hydroxylation sites is 1. The summed E-state index contributed by atoms with van der Waals surface area (Å²) in [6.45, 7) is 91.3. The first-order valence-corrected chi connectivity index (χ1v) is 32.5. The van der Waals surface area contributed by atoms with Gasteiger partial charge >= 0.3 is 0 Å². The molecule has 1 fully saturated rings. The van der Waals surface area contributed by atoms with E-state index in [2.05, 4.69) is 214 Å². The lowest BCUT2D eigenvalue weighted by molar-refractivity contribution is -0.0000682. The molecule has 522 valence electrons. The van der Waals surface area contributed by atoms with Gasteiger partial charge in [-0.2, -0.15) is 0 Å². The second-order valence-electron chi connectivity index (χ2n) is 32.9. The Morgan fingerprint density at radius 1 is 0.494 bits per heavy atom. The Balaban J connectivity index is -0.000000110. The van der Waals surface area contributed by atoms with E-state index in [0.29, 0.717) is 59.7 Å². The summed E-state index contributed by atoms with van der Waals surface area (Å²) in [7, 11) is 9.80. The van der Waals surface area contributed by atoms with Gasteiger partial charge in [0.15, 0.2) is 0 Å². The van der Waals surface area contributed by atoms with E-state index >= 15 is 0 Å². The lowest BCUT2D eigenvalue weighted by Gasteiger charge is -2.36. The van der Waals surface area contributed by atoms with Crippen molar-refractivity contribution in [1.82, 2.24) is 19.6 Å². The standard InChI is InChI=1S/C10H22N2.C10H22O2.C10H14O.C8H19N.C8H18O2.C8H18O.C7H17N.C5H12O.C5H12.C2H6.CH4/c1-10(2,3)9-12-7-5-11(4)6-8-12;1-9(2)12-7-6-11-8-10(3,4)5;1-10(2,3)11-9-7-5-4-6-8-9;1-6-9(7-2)8(3,4)5;1-8(2,3)7-10-6-5-9-4;1-5-6-9-7-8(2,3)4;1-7(2,3)6-8(4)5;1-5(2,3)6-4;1-5(2,3)4;1-2;/h5-9H2,1-4H3;9H,6-8H2,1-5H3;4-8H,1-3H3;6-7H2,1-5H3;5-7H2,1-4H3;5-7H2,1-4H3;6H2,1-5H3;1-4H3;1-4H3;1-2H3;1H4. The molecule has 11 nitrogen and oxygen atoms in total. The molecule has 0 unspecified atom stereocenters. The van der Waals surface area contributed by atoms with Crippen LogP contribution in [-0.4, -0.2) is 183 Å². The zero-order valence-electron chi connectivity index (χ0n) is 65.1. The van der Waals surface area contributed by atoms with E-state index in [4.69, 9.17) is 33.2 Å². The van der Waals surface area contributed by atoms with Crippen molar-refractivity contribution in [3.63, 3.8) is 0 Å². The fourth-order valence-electron chi connectivity index (χ4n) is 6.40. The largest absolute Gasteiger partial charge is 0.488 e. The Kier molecular flexibility index (Phi) is 66.9. The van der Waals surface area contributed by atoms with Gasteiger partial charge in [-0.15, -0.1) is 0 Å². The van der Waals surface area contributed by atoms with Gasteiger partial charge in [0.05, 0.1) is 58.0 Å². The first-order chi connectivity index (χ1) is 37.6. The van der Waals surface area contributed by atoms with Crippen LogP contribution >= 0.6 is 0 Å². The summed E-state index contributed by atoms with van der Waals surface area (Å²) in [6.07, 6.45) is 1.43. The molecule has 0 saturated carbocycles. The molecule has 11 heteroatoms. The number of methoxy groups -OCH3 is 2. The molecule has 1 heterocycles. The lowest BCUT2D eigenvalue weighted by atomic mass is 9.96. The smallest absolute Gasteiger partial charge is 0.120 e. The Bertz CT molecular complexity index is 1440. The zero-order chi connectivity index (χ0) is 68.5. The summed E-state index contributed by atoms with van der Waals surface area (Å²) in [5.41, 5.74) is 2.56. The SMILES string of the molecule is C.CC.CC(C)(C)C.CC(C)(C)Oc1ccccc1.CC(C)OCCOCC(C)(C)C.CCCOCC(C)(C)C.CCN(CC)C(C)(C)C.CN(C)CC(C)(C)C.CN1CCN(CC(C)(C)C)CC1.COC(C)(C)C.COCCOCC(C)(C)C. The van der Waals surface area contributed by atoms with Crippen LogP contribution < -0.4 is 4.74 Å². The van der Waals surface area contributed by atoms with Crippen LogP contribution in [-0.2, 0) is 28.4 Å². The van der Waals surface area contributed by atoms with Gasteiger partial charge < -0.3 is 47.9 Å². The Morgan fingerprint density at radius 2 is 0.847 bits per heavy atom. The van der Waals surface area contributed by atoms with Crippen molar-refractivity contribution in [3.8, 4) is 5.75 Å². The number of likely N-dealkylation sites (N-methyl/N-ethyl adjacent to an activating group) is 1. The number of rotatable bonds is 17. The quantitative estimate of drug-likeness (QED) is 0.140. The minimum Gasteiger partial charge on any atom is -0.488 e. The maximum Gasteiger partial charge on any atom is 0.120 e. The summed E-state index contributed by atoms with van der Waals surface area (Å²) in [5, 5.41) is 0. The van der Waals surface area contributed by atoms with E-state index in [1.54, 1.807) is 14.2 Å². The number of hydrogen-bond donors (Lipinski definition) is 0. The van der Waals surface area contributed by atoms with Crippen LogP contribution in [0.2, 0.25) is 0 Å². The molecule has 1 aromatic rings. The Hall–Kier alpha value is -1.38. The van der Waals surface area contributed by atoms with Crippen molar-refractivity contribution >= 4 is 0 Å². The third-order valence-corrected chi connectivity index (χ3v) is 9.64. The van der Waals surface area contributed by atoms with Crippen molar-refractivity contribution in [1.29, 1.82) is 0 Å². The summed E-state index contributed by atoms with van der Waals surface area (Å²) in [4.78, 5) is 9.62. The van der Waals surface area contributed by atoms with Crippen LogP contribution in [0.1, 0.15) is 256 Å². The fraction of sp³-hybridized carbons (Fsp3) is 0.919. The summed E-state index contributed by atoms with van der Waals surface area (Å²) < 4.78 is 36.8. The van der Waals surface area contributed by atoms with Gasteiger partial charge in [0.2, 0.25) is 0 Å². The highest BCUT2D eigenvalue weighted by Gasteiger charge is 2.20. The average molecular weight is 1220 g/mol.